The lowest BCUT2D eigenvalue weighted by Gasteiger charge is -2.23. The van der Waals surface area contributed by atoms with Crippen LogP contribution in [-0.4, -0.2) is 41.5 Å². The standard InChI is InChI=1S/C21H32N2O7/c1-5-17(30-23(26)27)13-9-10-14-28-19(24)18(15-16-11-7-6-8-12-16)22-20(25)29-21(2,3)4/h6-8,11-12,17-18H,5,9-10,13-15H2,1-4H3,(H,22,25). The average Bonchev–Trinajstić information content (AvgIpc) is 2.65. The van der Waals surface area contributed by atoms with E-state index in [0.29, 0.717) is 25.7 Å². The van der Waals surface area contributed by atoms with E-state index in [0.717, 1.165) is 5.56 Å². The molecule has 1 aromatic carbocycles. The van der Waals surface area contributed by atoms with Crippen LogP contribution in [0, 0.1) is 10.1 Å². The van der Waals surface area contributed by atoms with Crippen LogP contribution >= 0.6 is 0 Å². The van der Waals surface area contributed by atoms with Gasteiger partial charge in [-0.15, -0.1) is 10.1 Å². The second kappa shape index (κ2) is 12.7. The van der Waals surface area contributed by atoms with Gasteiger partial charge in [-0.1, -0.05) is 37.3 Å². The van der Waals surface area contributed by atoms with E-state index in [2.05, 4.69) is 10.2 Å². The Balaban J connectivity index is 2.55. The number of rotatable bonds is 12. The third kappa shape index (κ3) is 11.2. The Morgan fingerprint density at radius 3 is 2.40 bits per heavy atom. The second-order valence-electron chi connectivity index (χ2n) is 7.91. The maximum absolute atomic E-state index is 12.5. The van der Waals surface area contributed by atoms with Gasteiger partial charge in [-0.25, -0.2) is 9.59 Å². The lowest BCUT2D eigenvalue weighted by atomic mass is 10.1. The molecule has 9 nitrogen and oxygen atoms in total. The molecule has 0 heterocycles. The first-order chi connectivity index (χ1) is 14.1. The van der Waals surface area contributed by atoms with E-state index < -0.39 is 34.9 Å². The average molecular weight is 424 g/mol. The van der Waals surface area contributed by atoms with Gasteiger partial charge in [0.1, 0.15) is 17.7 Å². The fourth-order valence-electron chi connectivity index (χ4n) is 2.69. The third-order valence-corrected chi connectivity index (χ3v) is 4.11. The molecule has 1 N–H and O–H groups in total. The maximum atomic E-state index is 12.5. The van der Waals surface area contributed by atoms with Crippen LogP contribution < -0.4 is 5.32 Å². The molecule has 30 heavy (non-hydrogen) atoms. The number of alkyl carbamates (subject to hydrolysis) is 1. The van der Waals surface area contributed by atoms with E-state index in [1.54, 1.807) is 20.8 Å². The van der Waals surface area contributed by atoms with Crippen molar-refractivity contribution in [1.82, 2.24) is 5.32 Å². The normalized spacial score (nSPS) is 13.1. The molecule has 0 saturated heterocycles. The van der Waals surface area contributed by atoms with Gasteiger partial charge in [0.25, 0.3) is 5.09 Å². The Morgan fingerprint density at radius 1 is 1.17 bits per heavy atom. The van der Waals surface area contributed by atoms with Crippen molar-refractivity contribution in [3.8, 4) is 0 Å². The van der Waals surface area contributed by atoms with Crippen LogP contribution in [0.1, 0.15) is 58.9 Å². The molecule has 0 aliphatic heterocycles. The Hall–Kier alpha value is -2.84. The lowest BCUT2D eigenvalue weighted by molar-refractivity contribution is -0.768. The van der Waals surface area contributed by atoms with E-state index >= 15 is 0 Å². The molecule has 1 rings (SSSR count). The number of ether oxygens (including phenoxy) is 2. The summed E-state index contributed by atoms with van der Waals surface area (Å²) in [4.78, 5) is 39.7. The number of unbranched alkanes of at least 4 members (excludes halogenated alkanes) is 1. The highest BCUT2D eigenvalue weighted by molar-refractivity contribution is 5.81. The Labute approximate surface area is 177 Å². The summed E-state index contributed by atoms with van der Waals surface area (Å²) in [6, 6.07) is 8.40. The van der Waals surface area contributed by atoms with Gasteiger partial charge in [-0.2, -0.15) is 0 Å². The van der Waals surface area contributed by atoms with Crippen LogP contribution in [0.25, 0.3) is 0 Å². The van der Waals surface area contributed by atoms with Gasteiger partial charge in [0.2, 0.25) is 0 Å². The van der Waals surface area contributed by atoms with Crippen LogP contribution in [0.5, 0.6) is 0 Å². The van der Waals surface area contributed by atoms with Gasteiger partial charge in [0.05, 0.1) is 6.61 Å². The summed E-state index contributed by atoms with van der Waals surface area (Å²) in [5.41, 5.74) is 0.186. The Bertz CT molecular complexity index is 674. The number of carbonyl (C=O) groups is 2. The van der Waals surface area contributed by atoms with Crippen molar-refractivity contribution >= 4 is 12.1 Å². The molecule has 1 amide bonds. The number of nitrogens with one attached hydrogen (secondary N) is 1. The minimum atomic E-state index is -0.886. The summed E-state index contributed by atoms with van der Waals surface area (Å²) in [7, 11) is 0. The minimum Gasteiger partial charge on any atom is -0.464 e. The van der Waals surface area contributed by atoms with E-state index in [4.69, 9.17) is 9.47 Å². The van der Waals surface area contributed by atoms with E-state index in [-0.39, 0.29) is 13.0 Å². The first kappa shape index (κ1) is 25.2. The summed E-state index contributed by atoms with van der Waals surface area (Å²) in [6.45, 7) is 7.18. The number of nitrogens with zero attached hydrogens (tertiary/aromatic N) is 1. The number of esters is 1. The van der Waals surface area contributed by atoms with E-state index in [1.807, 2.05) is 37.3 Å². The quantitative estimate of drug-likeness (QED) is 0.234. The molecule has 0 fully saturated rings. The zero-order valence-corrected chi connectivity index (χ0v) is 18.1. The number of benzene rings is 1. The summed E-state index contributed by atoms with van der Waals surface area (Å²) >= 11 is 0. The van der Waals surface area contributed by atoms with Crippen molar-refractivity contribution in [3.05, 3.63) is 46.0 Å². The molecule has 0 radical (unpaired) electrons. The smallest absolute Gasteiger partial charge is 0.408 e. The molecule has 2 atom stereocenters. The number of amides is 1. The van der Waals surface area contributed by atoms with Gasteiger partial charge in [0.15, 0.2) is 0 Å². The van der Waals surface area contributed by atoms with Crippen molar-refractivity contribution < 1.29 is 29.0 Å². The monoisotopic (exact) mass is 424 g/mol. The Morgan fingerprint density at radius 2 is 1.83 bits per heavy atom. The van der Waals surface area contributed by atoms with E-state index in [1.165, 1.54) is 0 Å². The highest BCUT2D eigenvalue weighted by atomic mass is 17.0. The largest absolute Gasteiger partial charge is 0.464 e. The molecule has 0 spiro atoms. The van der Waals surface area contributed by atoms with Crippen LogP contribution in [-0.2, 0) is 25.5 Å². The molecular formula is C21H32N2O7. The highest BCUT2D eigenvalue weighted by Gasteiger charge is 2.26. The second-order valence-corrected chi connectivity index (χ2v) is 7.91. The molecular weight excluding hydrogens is 392 g/mol. The first-order valence-electron chi connectivity index (χ1n) is 10.1. The molecule has 0 aromatic heterocycles. The summed E-state index contributed by atoms with van der Waals surface area (Å²) in [6.07, 6.45) is 1.29. The first-order valence-corrected chi connectivity index (χ1v) is 10.1. The third-order valence-electron chi connectivity index (χ3n) is 4.11. The SMILES string of the molecule is CCC(CCCCOC(=O)C(Cc1ccccc1)NC(=O)OC(C)(C)C)O[N+](=O)[O-]. The molecule has 2 unspecified atom stereocenters. The van der Waals surface area contributed by atoms with E-state index in [9.17, 15) is 19.7 Å². The molecule has 0 saturated carbocycles. The molecule has 0 bridgehead atoms. The van der Waals surface area contributed by atoms with Crippen LogP contribution in [0.4, 0.5) is 4.79 Å². The van der Waals surface area contributed by atoms with Gasteiger partial charge in [-0.3, -0.25) is 0 Å². The fraction of sp³-hybridized carbons (Fsp3) is 0.619. The van der Waals surface area contributed by atoms with Gasteiger partial charge >= 0.3 is 12.1 Å². The summed E-state index contributed by atoms with van der Waals surface area (Å²) in [5.74, 6) is -0.557. The molecule has 1 aromatic rings. The van der Waals surface area contributed by atoms with Crippen LogP contribution in [0.2, 0.25) is 0 Å². The predicted molar refractivity (Wildman–Crippen MR) is 110 cm³/mol. The summed E-state index contributed by atoms with van der Waals surface area (Å²) in [5, 5.41) is 12.2. The number of hydrogen-bond donors (Lipinski definition) is 1. The predicted octanol–water partition coefficient (Wildman–Crippen LogP) is 3.82. The minimum absolute atomic E-state index is 0.148. The number of hydrogen-bond acceptors (Lipinski definition) is 7. The van der Waals surface area contributed by atoms with Crippen molar-refractivity contribution in [2.24, 2.45) is 0 Å². The van der Waals surface area contributed by atoms with Gasteiger partial charge < -0.3 is 19.6 Å². The molecule has 0 aliphatic carbocycles. The van der Waals surface area contributed by atoms with Crippen molar-refractivity contribution in [2.45, 2.75) is 77.5 Å². The van der Waals surface area contributed by atoms with Crippen molar-refractivity contribution in [3.63, 3.8) is 0 Å². The van der Waals surface area contributed by atoms with Crippen LogP contribution in [0.3, 0.4) is 0 Å². The van der Waals surface area contributed by atoms with Crippen LogP contribution in [0.15, 0.2) is 30.3 Å². The molecule has 0 aliphatic rings. The van der Waals surface area contributed by atoms with Gasteiger partial charge in [-0.05, 0) is 52.0 Å². The topological polar surface area (TPSA) is 117 Å². The lowest BCUT2D eigenvalue weighted by Crippen LogP contribution is -2.45. The zero-order valence-electron chi connectivity index (χ0n) is 18.1. The fourth-order valence-corrected chi connectivity index (χ4v) is 2.69. The molecule has 9 heteroatoms. The zero-order chi connectivity index (χ0) is 22.6. The van der Waals surface area contributed by atoms with Crippen molar-refractivity contribution in [2.75, 3.05) is 6.61 Å². The highest BCUT2D eigenvalue weighted by Crippen LogP contribution is 2.11. The summed E-state index contributed by atoms with van der Waals surface area (Å²) < 4.78 is 10.6. The van der Waals surface area contributed by atoms with Crippen molar-refractivity contribution in [1.29, 1.82) is 0 Å². The Kier molecular flexibility index (Phi) is 10.6. The maximum Gasteiger partial charge on any atom is 0.408 e. The number of carbonyl (C=O) groups excluding carboxylic acids is 2. The molecule has 168 valence electrons. The van der Waals surface area contributed by atoms with Gasteiger partial charge in [0, 0.05) is 6.42 Å².